The number of nitro groups is 1. The molecule has 110 valence electrons. The van der Waals surface area contributed by atoms with Crippen LogP contribution in [0.5, 0.6) is 0 Å². The summed E-state index contributed by atoms with van der Waals surface area (Å²) in [6.45, 7) is -0.341. The van der Waals surface area contributed by atoms with Gasteiger partial charge in [-0.3, -0.25) is 24.6 Å². The number of nitro benzene ring substituents is 1. The third-order valence-electron chi connectivity index (χ3n) is 2.63. The van der Waals surface area contributed by atoms with E-state index in [1.165, 1.54) is 17.0 Å². The van der Waals surface area contributed by atoms with E-state index in [2.05, 4.69) is 5.92 Å². The molecule has 1 aromatic carbocycles. The molecule has 0 aliphatic rings. The lowest BCUT2D eigenvalue weighted by atomic mass is 10.1. The van der Waals surface area contributed by atoms with Crippen molar-refractivity contribution < 1.29 is 19.6 Å². The van der Waals surface area contributed by atoms with E-state index in [0.717, 1.165) is 6.07 Å². The van der Waals surface area contributed by atoms with Crippen molar-refractivity contribution in [2.45, 2.75) is 6.54 Å². The lowest BCUT2D eigenvalue weighted by molar-refractivity contribution is -0.385. The zero-order chi connectivity index (χ0) is 16.0. The highest BCUT2D eigenvalue weighted by molar-refractivity contribution is 5.93. The van der Waals surface area contributed by atoms with Gasteiger partial charge in [0.15, 0.2) is 0 Å². The van der Waals surface area contributed by atoms with E-state index >= 15 is 0 Å². The van der Waals surface area contributed by atoms with E-state index in [1.807, 2.05) is 0 Å². The van der Waals surface area contributed by atoms with Gasteiger partial charge in [-0.25, -0.2) is 0 Å². The van der Waals surface area contributed by atoms with Gasteiger partial charge in [0.05, 0.1) is 18.0 Å². The fraction of sp³-hybridized carbons (Fsp3) is 0.231. The number of carbonyl (C=O) groups excluding carboxylic acids is 1. The van der Waals surface area contributed by atoms with E-state index in [0.29, 0.717) is 0 Å². The first kappa shape index (κ1) is 16.1. The van der Waals surface area contributed by atoms with E-state index in [1.54, 1.807) is 0 Å². The van der Waals surface area contributed by atoms with Gasteiger partial charge < -0.3 is 10.8 Å². The SMILES string of the molecule is C#CCN(CC(=O)O)Cc1ccc(C(N)=O)cc1[N+](=O)[O-]. The third-order valence-corrected chi connectivity index (χ3v) is 2.63. The third kappa shape index (κ3) is 4.59. The molecular formula is C13H13N3O5. The molecule has 0 bridgehead atoms. The van der Waals surface area contributed by atoms with E-state index < -0.39 is 16.8 Å². The molecule has 0 atom stereocenters. The summed E-state index contributed by atoms with van der Waals surface area (Å²) in [5, 5.41) is 19.8. The molecular weight excluding hydrogens is 278 g/mol. The number of carbonyl (C=O) groups is 2. The number of benzene rings is 1. The Morgan fingerprint density at radius 3 is 2.62 bits per heavy atom. The number of aliphatic carboxylic acids is 1. The fourth-order valence-corrected chi connectivity index (χ4v) is 1.75. The Kier molecular flexibility index (Phi) is 5.39. The molecule has 0 fully saturated rings. The maximum atomic E-state index is 11.0. The standard InChI is InChI=1S/C13H13N3O5/c1-2-5-15(8-12(17)18)7-10-4-3-9(13(14)19)6-11(10)16(20)21/h1,3-4,6H,5,7-8H2,(H2,14,19)(H,17,18). The highest BCUT2D eigenvalue weighted by atomic mass is 16.6. The van der Waals surface area contributed by atoms with Gasteiger partial charge in [-0.15, -0.1) is 6.42 Å². The van der Waals surface area contributed by atoms with Crippen LogP contribution >= 0.6 is 0 Å². The lowest BCUT2D eigenvalue weighted by Gasteiger charge is -2.17. The minimum absolute atomic E-state index is 0.00665. The number of primary amides is 1. The zero-order valence-corrected chi connectivity index (χ0v) is 11.0. The van der Waals surface area contributed by atoms with Crippen molar-refractivity contribution in [1.82, 2.24) is 4.90 Å². The van der Waals surface area contributed by atoms with Gasteiger partial charge >= 0.3 is 5.97 Å². The van der Waals surface area contributed by atoms with Crippen LogP contribution in [-0.4, -0.2) is 39.9 Å². The van der Waals surface area contributed by atoms with Crippen LogP contribution in [0.2, 0.25) is 0 Å². The smallest absolute Gasteiger partial charge is 0.317 e. The van der Waals surface area contributed by atoms with Gasteiger partial charge in [-0.05, 0) is 6.07 Å². The van der Waals surface area contributed by atoms with Crippen molar-refractivity contribution in [2.75, 3.05) is 13.1 Å². The van der Waals surface area contributed by atoms with Crippen molar-refractivity contribution in [3.05, 3.63) is 39.4 Å². The van der Waals surface area contributed by atoms with Crippen molar-refractivity contribution in [3.63, 3.8) is 0 Å². The largest absolute Gasteiger partial charge is 0.480 e. The summed E-state index contributed by atoms with van der Waals surface area (Å²) >= 11 is 0. The van der Waals surface area contributed by atoms with Crippen molar-refractivity contribution in [3.8, 4) is 12.3 Å². The quantitative estimate of drug-likeness (QED) is 0.420. The molecule has 1 aromatic rings. The molecule has 0 heterocycles. The summed E-state index contributed by atoms with van der Waals surface area (Å²) in [5.74, 6) is 0.413. The molecule has 0 aromatic heterocycles. The van der Waals surface area contributed by atoms with Gasteiger partial charge in [0.25, 0.3) is 5.69 Å². The molecule has 0 aliphatic carbocycles. The first-order valence-corrected chi connectivity index (χ1v) is 5.80. The second-order valence-corrected chi connectivity index (χ2v) is 4.21. The molecule has 3 N–H and O–H groups in total. The maximum Gasteiger partial charge on any atom is 0.317 e. The molecule has 8 heteroatoms. The monoisotopic (exact) mass is 291 g/mol. The van der Waals surface area contributed by atoms with Crippen molar-refractivity contribution in [1.29, 1.82) is 0 Å². The normalized spacial score (nSPS) is 10.1. The number of nitrogens with two attached hydrogens (primary N) is 1. The molecule has 1 rings (SSSR count). The molecule has 1 amide bonds. The number of hydrogen-bond acceptors (Lipinski definition) is 5. The number of rotatable bonds is 7. The number of carboxylic acid groups (broad SMARTS) is 1. The summed E-state index contributed by atoms with van der Waals surface area (Å²) in [5.41, 5.74) is 5.02. The minimum Gasteiger partial charge on any atom is -0.480 e. The average molecular weight is 291 g/mol. The lowest BCUT2D eigenvalue weighted by Crippen LogP contribution is -2.30. The Hall–Kier alpha value is -2.92. The number of carboxylic acids is 1. The molecule has 0 radical (unpaired) electrons. The van der Waals surface area contributed by atoms with Crippen molar-refractivity contribution >= 4 is 17.6 Å². The maximum absolute atomic E-state index is 11.0. The van der Waals surface area contributed by atoms with Crippen LogP contribution in [0.15, 0.2) is 18.2 Å². The van der Waals surface area contributed by atoms with E-state index in [-0.39, 0.29) is 36.4 Å². The van der Waals surface area contributed by atoms with Gasteiger partial charge in [0.2, 0.25) is 5.91 Å². The van der Waals surface area contributed by atoms with Gasteiger partial charge in [0.1, 0.15) is 0 Å². The first-order valence-electron chi connectivity index (χ1n) is 5.80. The summed E-state index contributed by atoms with van der Waals surface area (Å²) in [4.78, 5) is 33.5. The summed E-state index contributed by atoms with van der Waals surface area (Å²) in [7, 11) is 0. The second kappa shape index (κ2) is 7.02. The predicted molar refractivity (Wildman–Crippen MR) is 73.4 cm³/mol. The molecule has 0 saturated heterocycles. The Morgan fingerprint density at radius 1 is 1.48 bits per heavy atom. The van der Waals surface area contributed by atoms with Crippen LogP contribution in [0.4, 0.5) is 5.69 Å². The Bertz CT molecular complexity index is 621. The number of nitrogens with zero attached hydrogens (tertiary/aromatic N) is 2. The van der Waals surface area contributed by atoms with Crippen LogP contribution in [0.25, 0.3) is 0 Å². The van der Waals surface area contributed by atoms with Crippen molar-refractivity contribution in [2.24, 2.45) is 5.73 Å². The number of terminal acetylenes is 1. The highest BCUT2D eigenvalue weighted by Gasteiger charge is 2.19. The van der Waals surface area contributed by atoms with Gasteiger partial charge in [0, 0.05) is 23.7 Å². The molecule has 0 saturated carbocycles. The Morgan fingerprint density at radius 2 is 2.14 bits per heavy atom. The van der Waals surface area contributed by atoms with Crippen LogP contribution < -0.4 is 5.73 Å². The predicted octanol–water partition coefficient (Wildman–Crippen LogP) is 0.213. The fourth-order valence-electron chi connectivity index (χ4n) is 1.75. The zero-order valence-electron chi connectivity index (χ0n) is 11.0. The molecule has 0 spiro atoms. The molecule has 0 aliphatic heterocycles. The molecule has 21 heavy (non-hydrogen) atoms. The first-order chi connectivity index (χ1) is 9.85. The molecule has 8 nitrogen and oxygen atoms in total. The topological polar surface area (TPSA) is 127 Å². The Balaban J connectivity index is 3.11. The average Bonchev–Trinajstić information content (AvgIpc) is 2.38. The second-order valence-electron chi connectivity index (χ2n) is 4.21. The summed E-state index contributed by atoms with van der Waals surface area (Å²) < 4.78 is 0. The number of hydrogen-bond donors (Lipinski definition) is 2. The number of amides is 1. The van der Waals surface area contributed by atoms with Crippen LogP contribution in [0.3, 0.4) is 0 Å². The summed E-state index contributed by atoms with van der Waals surface area (Å²) in [6.07, 6.45) is 5.14. The van der Waals surface area contributed by atoms with Crippen LogP contribution in [-0.2, 0) is 11.3 Å². The van der Waals surface area contributed by atoms with E-state index in [4.69, 9.17) is 17.3 Å². The molecule has 0 unspecified atom stereocenters. The Labute approximate surface area is 120 Å². The summed E-state index contributed by atoms with van der Waals surface area (Å²) in [6, 6.07) is 3.77. The minimum atomic E-state index is -1.10. The van der Waals surface area contributed by atoms with Gasteiger partial charge in [-0.2, -0.15) is 0 Å². The van der Waals surface area contributed by atoms with E-state index in [9.17, 15) is 19.7 Å². The van der Waals surface area contributed by atoms with Crippen LogP contribution in [0.1, 0.15) is 15.9 Å². The van der Waals surface area contributed by atoms with Crippen LogP contribution in [0, 0.1) is 22.5 Å². The highest BCUT2D eigenvalue weighted by Crippen LogP contribution is 2.22. The van der Waals surface area contributed by atoms with Gasteiger partial charge in [-0.1, -0.05) is 12.0 Å².